The molecule has 2 aromatic carbocycles. The van der Waals surface area contributed by atoms with Crippen molar-refractivity contribution in [2.45, 2.75) is 39.2 Å². The molecule has 0 N–H and O–H groups in total. The van der Waals surface area contributed by atoms with Crippen LogP contribution in [0.5, 0.6) is 11.5 Å². The van der Waals surface area contributed by atoms with Crippen LogP contribution in [-0.2, 0) is 11.2 Å². The number of hydrogen-bond acceptors (Lipinski definition) is 7. The van der Waals surface area contributed by atoms with Crippen molar-refractivity contribution < 1.29 is 19.2 Å². The highest BCUT2D eigenvalue weighted by Crippen LogP contribution is 2.39. The number of hydrogen-bond donors (Lipinski definition) is 0. The smallest absolute Gasteiger partial charge is 0.272 e. The standard InChI is InChI=1S/C22H20N4O5/c1-4-20(27)25-22(3,11-23)10-15-8-18-19(31-12-30-18)9-16(15)21(24-25)14-5-6-17(26(28)29)13(2)7-14/h5-9H,4,10,12H2,1-3H3. The van der Waals surface area contributed by atoms with Gasteiger partial charge in [0.15, 0.2) is 17.0 Å². The molecule has 31 heavy (non-hydrogen) atoms. The lowest BCUT2D eigenvalue weighted by atomic mass is 9.88. The number of fused-ring (bicyclic) bond motifs is 2. The summed E-state index contributed by atoms with van der Waals surface area (Å²) in [7, 11) is 0. The molecular weight excluding hydrogens is 400 g/mol. The van der Waals surface area contributed by atoms with E-state index in [4.69, 9.17) is 9.47 Å². The maximum absolute atomic E-state index is 12.8. The second-order valence-corrected chi connectivity index (χ2v) is 7.69. The molecule has 1 atom stereocenters. The van der Waals surface area contributed by atoms with Gasteiger partial charge in [-0.2, -0.15) is 10.4 Å². The Morgan fingerprint density at radius 2 is 2.03 bits per heavy atom. The molecule has 0 fully saturated rings. The normalized spacial score (nSPS) is 19.2. The second kappa shape index (κ2) is 7.40. The Morgan fingerprint density at radius 1 is 1.32 bits per heavy atom. The molecule has 0 aliphatic carbocycles. The predicted molar refractivity (Wildman–Crippen MR) is 111 cm³/mol. The van der Waals surface area contributed by atoms with Crippen LogP contribution >= 0.6 is 0 Å². The van der Waals surface area contributed by atoms with Crippen LogP contribution in [0.25, 0.3) is 0 Å². The first kappa shape index (κ1) is 20.3. The summed E-state index contributed by atoms with van der Waals surface area (Å²) >= 11 is 0. The summed E-state index contributed by atoms with van der Waals surface area (Å²) in [6.07, 6.45) is 0.409. The lowest BCUT2D eigenvalue weighted by Gasteiger charge is -2.30. The molecule has 0 saturated carbocycles. The summed E-state index contributed by atoms with van der Waals surface area (Å²) in [6.45, 7) is 5.12. The minimum absolute atomic E-state index is 0.00719. The fourth-order valence-corrected chi connectivity index (χ4v) is 3.85. The second-order valence-electron chi connectivity index (χ2n) is 7.69. The first-order chi connectivity index (χ1) is 14.8. The largest absolute Gasteiger partial charge is 0.454 e. The van der Waals surface area contributed by atoms with Crippen molar-refractivity contribution in [1.82, 2.24) is 5.01 Å². The van der Waals surface area contributed by atoms with Gasteiger partial charge in [-0.05, 0) is 43.7 Å². The van der Waals surface area contributed by atoms with Crippen molar-refractivity contribution in [2.75, 3.05) is 6.79 Å². The van der Waals surface area contributed by atoms with Gasteiger partial charge in [0.25, 0.3) is 5.69 Å². The van der Waals surface area contributed by atoms with E-state index < -0.39 is 10.5 Å². The molecule has 0 aromatic heterocycles. The van der Waals surface area contributed by atoms with E-state index in [2.05, 4.69) is 11.2 Å². The van der Waals surface area contributed by atoms with E-state index in [1.165, 1.54) is 11.1 Å². The van der Waals surface area contributed by atoms with Gasteiger partial charge in [0.05, 0.1) is 16.7 Å². The molecule has 0 spiro atoms. The zero-order valence-electron chi connectivity index (χ0n) is 17.3. The zero-order chi connectivity index (χ0) is 22.3. The van der Waals surface area contributed by atoms with Crippen LogP contribution in [0.3, 0.4) is 0 Å². The highest BCUT2D eigenvalue weighted by molar-refractivity contribution is 6.15. The van der Waals surface area contributed by atoms with E-state index in [1.807, 2.05) is 0 Å². The van der Waals surface area contributed by atoms with Crippen LogP contribution < -0.4 is 9.47 Å². The third-order valence-electron chi connectivity index (χ3n) is 5.50. The number of ether oxygens (including phenoxy) is 2. The Kier molecular flexibility index (Phi) is 4.85. The average Bonchev–Trinajstić information content (AvgIpc) is 3.15. The van der Waals surface area contributed by atoms with Gasteiger partial charge in [-0.3, -0.25) is 14.9 Å². The van der Waals surface area contributed by atoms with Gasteiger partial charge in [0.2, 0.25) is 12.7 Å². The maximum Gasteiger partial charge on any atom is 0.272 e. The van der Waals surface area contributed by atoms with Crippen LogP contribution in [0.15, 0.2) is 35.4 Å². The third kappa shape index (κ3) is 3.36. The summed E-state index contributed by atoms with van der Waals surface area (Å²) in [6, 6.07) is 10.5. The van der Waals surface area contributed by atoms with Gasteiger partial charge >= 0.3 is 0 Å². The van der Waals surface area contributed by atoms with Crippen molar-refractivity contribution in [3.63, 3.8) is 0 Å². The number of nitrogens with zero attached hydrogens (tertiary/aromatic N) is 4. The monoisotopic (exact) mass is 420 g/mol. The van der Waals surface area contributed by atoms with Gasteiger partial charge in [-0.1, -0.05) is 6.92 Å². The van der Waals surface area contributed by atoms with Gasteiger partial charge < -0.3 is 9.47 Å². The minimum Gasteiger partial charge on any atom is -0.454 e. The molecule has 4 rings (SSSR count). The molecule has 2 aliphatic heterocycles. The average molecular weight is 420 g/mol. The minimum atomic E-state index is -1.22. The van der Waals surface area contributed by atoms with Gasteiger partial charge in [0.1, 0.15) is 0 Å². The molecule has 2 aromatic rings. The summed E-state index contributed by atoms with van der Waals surface area (Å²) in [5, 5.41) is 27.1. The maximum atomic E-state index is 12.8. The first-order valence-electron chi connectivity index (χ1n) is 9.78. The lowest BCUT2D eigenvalue weighted by molar-refractivity contribution is -0.385. The van der Waals surface area contributed by atoms with Crippen molar-refractivity contribution in [3.8, 4) is 17.6 Å². The fraction of sp³-hybridized carbons (Fsp3) is 0.318. The van der Waals surface area contributed by atoms with E-state index >= 15 is 0 Å². The van der Waals surface area contributed by atoms with Crippen molar-refractivity contribution in [1.29, 1.82) is 5.26 Å². The molecule has 9 nitrogen and oxygen atoms in total. The number of hydrazone groups is 1. The summed E-state index contributed by atoms with van der Waals surface area (Å²) < 4.78 is 11.0. The first-order valence-corrected chi connectivity index (χ1v) is 9.78. The molecule has 0 saturated heterocycles. The number of benzene rings is 2. The topological polar surface area (TPSA) is 118 Å². The Labute approximate surface area is 178 Å². The predicted octanol–water partition coefficient (Wildman–Crippen LogP) is 3.46. The van der Waals surface area contributed by atoms with Crippen LogP contribution in [0.4, 0.5) is 5.69 Å². The molecule has 2 aliphatic rings. The number of nitro groups is 1. The Bertz CT molecular complexity index is 1180. The molecule has 2 heterocycles. The SMILES string of the molecule is CCC(=O)N1N=C(c2ccc([N+](=O)[O-])c(C)c2)c2cc3c(cc2CC1(C)C#N)OCO3. The molecule has 0 radical (unpaired) electrons. The zero-order valence-corrected chi connectivity index (χ0v) is 17.3. The number of carbonyl (C=O) groups is 1. The molecule has 0 bridgehead atoms. The Hall–Kier alpha value is -3.93. The summed E-state index contributed by atoms with van der Waals surface area (Å²) in [5.74, 6) is 0.806. The van der Waals surface area contributed by atoms with Crippen LogP contribution in [0.2, 0.25) is 0 Å². The third-order valence-corrected chi connectivity index (χ3v) is 5.50. The number of aryl methyl sites for hydroxylation is 1. The number of carbonyl (C=O) groups excluding carboxylic acids is 1. The molecule has 1 amide bonds. The van der Waals surface area contributed by atoms with E-state index in [0.717, 1.165) is 5.56 Å². The molecule has 158 valence electrons. The molecule has 1 unspecified atom stereocenters. The van der Waals surface area contributed by atoms with E-state index in [1.54, 1.807) is 45.0 Å². The van der Waals surface area contributed by atoms with Crippen molar-refractivity contribution >= 4 is 17.3 Å². The van der Waals surface area contributed by atoms with Gasteiger partial charge in [0, 0.05) is 35.6 Å². The van der Waals surface area contributed by atoms with Crippen molar-refractivity contribution in [2.24, 2.45) is 5.10 Å². The Balaban J connectivity index is 1.98. The molecular formula is C22H20N4O5. The number of rotatable bonds is 3. The van der Waals surface area contributed by atoms with E-state index in [9.17, 15) is 20.2 Å². The van der Waals surface area contributed by atoms with E-state index in [-0.39, 0.29) is 31.2 Å². The van der Waals surface area contributed by atoms with Gasteiger partial charge in [-0.15, -0.1) is 0 Å². The van der Waals surface area contributed by atoms with Crippen LogP contribution in [0.1, 0.15) is 42.5 Å². The molecule has 9 heteroatoms. The quantitative estimate of drug-likeness (QED) is 0.554. The summed E-state index contributed by atoms with van der Waals surface area (Å²) in [5.41, 5.74) is 1.74. The highest BCUT2D eigenvalue weighted by atomic mass is 16.7. The lowest BCUT2D eigenvalue weighted by Crippen LogP contribution is -2.46. The number of nitriles is 1. The van der Waals surface area contributed by atoms with Crippen LogP contribution in [0, 0.1) is 28.4 Å². The van der Waals surface area contributed by atoms with E-state index in [0.29, 0.717) is 33.9 Å². The van der Waals surface area contributed by atoms with Gasteiger partial charge in [-0.25, -0.2) is 5.01 Å². The Morgan fingerprint density at radius 3 is 2.65 bits per heavy atom. The fourth-order valence-electron chi connectivity index (χ4n) is 3.85. The summed E-state index contributed by atoms with van der Waals surface area (Å²) in [4.78, 5) is 23.6. The number of amides is 1. The van der Waals surface area contributed by atoms with Crippen LogP contribution in [-0.4, -0.2) is 33.9 Å². The highest BCUT2D eigenvalue weighted by Gasteiger charge is 2.40. The van der Waals surface area contributed by atoms with Crippen molar-refractivity contribution in [3.05, 3.63) is 62.7 Å². The number of nitro benzene ring substituents is 1.